The van der Waals surface area contributed by atoms with Crippen LogP contribution in [0.15, 0.2) is 30.6 Å². The molecule has 0 bridgehead atoms. The third-order valence-electron chi connectivity index (χ3n) is 3.10. The van der Waals surface area contributed by atoms with Crippen LogP contribution in [0.5, 0.6) is 11.5 Å². The van der Waals surface area contributed by atoms with E-state index < -0.39 is 0 Å². The van der Waals surface area contributed by atoms with Crippen LogP contribution in [0.2, 0.25) is 0 Å². The zero-order chi connectivity index (χ0) is 14.5. The van der Waals surface area contributed by atoms with Gasteiger partial charge in [-0.1, -0.05) is 0 Å². The van der Waals surface area contributed by atoms with Crippen LogP contribution in [0.4, 0.5) is 5.69 Å². The first-order chi connectivity index (χ1) is 9.63. The summed E-state index contributed by atoms with van der Waals surface area (Å²) in [5, 5.41) is 7.65. The second-order valence-corrected chi connectivity index (χ2v) is 4.83. The molecule has 0 fully saturated rings. The summed E-state index contributed by atoms with van der Waals surface area (Å²) < 4.78 is 12.5. The second kappa shape index (κ2) is 6.32. The maximum absolute atomic E-state index is 5.36. The van der Waals surface area contributed by atoms with Gasteiger partial charge < -0.3 is 14.8 Å². The lowest BCUT2D eigenvalue weighted by Crippen LogP contribution is -2.02. The van der Waals surface area contributed by atoms with Crippen molar-refractivity contribution in [3.63, 3.8) is 0 Å². The second-order valence-electron chi connectivity index (χ2n) is 4.83. The Balaban J connectivity index is 2.09. The first-order valence-electron chi connectivity index (χ1n) is 6.63. The molecule has 0 unspecified atom stereocenters. The molecule has 0 aliphatic carbocycles. The number of hydrogen-bond donors (Lipinski definition) is 1. The van der Waals surface area contributed by atoms with Gasteiger partial charge in [0.1, 0.15) is 11.5 Å². The van der Waals surface area contributed by atoms with E-state index in [0.717, 1.165) is 22.7 Å². The van der Waals surface area contributed by atoms with Gasteiger partial charge >= 0.3 is 0 Å². The molecule has 1 N–H and O–H groups in total. The predicted molar refractivity (Wildman–Crippen MR) is 79.5 cm³/mol. The van der Waals surface area contributed by atoms with Gasteiger partial charge in [0.15, 0.2) is 0 Å². The molecule has 0 aliphatic heterocycles. The number of aromatic nitrogens is 2. The summed E-state index contributed by atoms with van der Waals surface area (Å²) in [6.07, 6.45) is 3.82. The molecule has 0 amide bonds. The van der Waals surface area contributed by atoms with Crippen LogP contribution < -0.4 is 14.8 Å². The van der Waals surface area contributed by atoms with Crippen molar-refractivity contribution in [3.8, 4) is 11.5 Å². The first-order valence-corrected chi connectivity index (χ1v) is 6.63. The summed E-state index contributed by atoms with van der Waals surface area (Å²) in [6, 6.07) is 6.13. The Morgan fingerprint density at radius 1 is 1.25 bits per heavy atom. The normalized spacial score (nSPS) is 10.7. The third-order valence-corrected chi connectivity index (χ3v) is 3.10. The van der Waals surface area contributed by atoms with Gasteiger partial charge in [-0.15, -0.1) is 0 Å². The molecule has 0 saturated carbocycles. The number of nitrogens with zero attached hydrogens (tertiary/aromatic N) is 2. The van der Waals surface area contributed by atoms with E-state index in [0.29, 0.717) is 12.6 Å². The summed E-state index contributed by atoms with van der Waals surface area (Å²) in [5.41, 5.74) is 2.03. The number of methoxy groups -OCH3 is 2. The van der Waals surface area contributed by atoms with Gasteiger partial charge in [0.2, 0.25) is 0 Å². The van der Waals surface area contributed by atoms with Crippen molar-refractivity contribution in [1.29, 1.82) is 0 Å². The molecule has 2 aromatic rings. The number of benzene rings is 1. The van der Waals surface area contributed by atoms with Crippen LogP contribution in [0.25, 0.3) is 0 Å². The number of ether oxygens (including phenoxy) is 2. The predicted octanol–water partition coefficient (Wildman–Crippen LogP) is 3.09. The standard InChI is InChI=1S/C15H21N3O2/c1-11(2)18-10-13(9-17-18)16-8-12-7-14(19-3)5-6-15(12)20-4/h5-7,9-11,16H,8H2,1-4H3. The highest BCUT2D eigenvalue weighted by Crippen LogP contribution is 2.24. The molecule has 1 aromatic carbocycles. The molecule has 5 heteroatoms. The fraction of sp³-hybridized carbons (Fsp3) is 0.400. The Hall–Kier alpha value is -2.17. The van der Waals surface area contributed by atoms with Gasteiger partial charge in [-0.2, -0.15) is 5.10 Å². The van der Waals surface area contributed by atoms with E-state index >= 15 is 0 Å². The van der Waals surface area contributed by atoms with Crippen molar-refractivity contribution in [2.24, 2.45) is 0 Å². The molecule has 0 aliphatic rings. The maximum atomic E-state index is 5.36. The van der Waals surface area contributed by atoms with E-state index in [9.17, 15) is 0 Å². The van der Waals surface area contributed by atoms with Crippen molar-refractivity contribution in [2.45, 2.75) is 26.4 Å². The van der Waals surface area contributed by atoms with Crippen molar-refractivity contribution < 1.29 is 9.47 Å². The third kappa shape index (κ3) is 3.23. The molecule has 1 heterocycles. The van der Waals surface area contributed by atoms with Gasteiger partial charge in [-0.25, -0.2) is 0 Å². The van der Waals surface area contributed by atoms with E-state index in [4.69, 9.17) is 9.47 Å². The fourth-order valence-electron chi connectivity index (χ4n) is 1.93. The highest BCUT2D eigenvalue weighted by molar-refractivity contribution is 5.45. The lowest BCUT2D eigenvalue weighted by Gasteiger charge is -2.11. The van der Waals surface area contributed by atoms with E-state index in [1.165, 1.54) is 0 Å². The minimum absolute atomic E-state index is 0.358. The Labute approximate surface area is 119 Å². The Kier molecular flexibility index (Phi) is 4.50. The Morgan fingerprint density at radius 2 is 2.05 bits per heavy atom. The zero-order valence-electron chi connectivity index (χ0n) is 12.4. The maximum Gasteiger partial charge on any atom is 0.124 e. The van der Waals surface area contributed by atoms with Crippen LogP contribution in [0, 0.1) is 0 Å². The van der Waals surface area contributed by atoms with E-state index in [1.807, 2.05) is 35.3 Å². The summed E-state index contributed by atoms with van der Waals surface area (Å²) in [4.78, 5) is 0. The lowest BCUT2D eigenvalue weighted by atomic mass is 10.2. The van der Waals surface area contributed by atoms with Crippen molar-refractivity contribution >= 4 is 5.69 Å². The summed E-state index contributed by atoms with van der Waals surface area (Å²) in [5.74, 6) is 1.66. The summed E-state index contributed by atoms with van der Waals surface area (Å²) in [6.45, 7) is 4.86. The molecular weight excluding hydrogens is 254 g/mol. The largest absolute Gasteiger partial charge is 0.497 e. The van der Waals surface area contributed by atoms with E-state index in [1.54, 1.807) is 14.2 Å². The van der Waals surface area contributed by atoms with Crippen LogP contribution >= 0.6 is 0 Å². The van der Waals surface area contributed by atoms with Gasteiger partial charge in [0.05, 0.1) is 26.1 Å². The lowest BCUT2D eigenvalue weighted by molar-refractivity contribution is 0.399. The van der Waals surface area contributed by atoms with Gasteiger partial charge in [-0.05, 0) is 32.0 Å². The molecule has 0 spiro atoms. The molecule has 5 nitrogen and oxygen atoms in total. The van der Waals surface area contributed by atoms with Gasteiger partial charge in [-0.3, -0.25) is 4.68 Å². The molecule has 0 atom stereocenters. The quantitative estimate of drug-likeness (QED) is 0.880. The average molecular weight is 275 g/mol. The highest BCUT2D eigenvalue weighted by Gasteiger charge is 2.06. The monoisotopic (exact) mass is 275 g/mol. The van der Waals surface area contributed by atoms with Crippen LogP contribution in [0.3, 0.4) is 0 Å². The molecule has 108 valence electrons. The van der Waals surface area contributed by atoms with Crippen LogP contribution in [-0.2, 0) is 6.54 Å². The molecule has 2 rings (SSSR count). The minimum Gasteiger partial charge on any atom is -0.497 e. The van der Waals surface area contributed by atoms with Crippen molar-refractivity contribution in [3.05, 3.63) is 36.2 Å². The molecule has 0 saturated heterocycles. The van der Waals surface area contributed by atoms with Gasteiger partial charge in [0, 0.05) is 24.3 Å². The average Bonchev–Trinajstić information content (AvgIpc) is 2.93. The Morgan fingerprint density at radius 3 is 2.65 bits per heavy atom. The topological polar surface area (TPSA) is 48.3 Å². The molecule has 20 heavy (non-hydrogen) atoms. The van der Waals surface area contributed by atoms with Crippen LogP contribution in [0.1, 0.15) is 25.5 Å². The van der Waals surface area contributed by atoms with E-state index in [2.05, 4.69) is 24.3 Å². The summed E-state index contributed by atoms with van der Waals surface area (Å²) in [7, 11) is 3.33. The Bertz CT molecular complexity index is 564. The SMILES string of the molecule is COc1ccc(OC)c(CNc2cnn(C(C)C)c2)c1. The van der Waals surface area contributed by atoms with Crippen molar-refractivity contribution in [1.82, 2.24) is 9.78 Å². The number of rotatable bonds is 6. The van der Waals surface area contributed by atoms with Gasteiger partial charge in [0.25, 0.3) is 0 Å². The molecule has 0 radical (unpaired) electrons. The minimum atomic E-state index is 0.358. The van der Waals surface area contributed by atoms with Crippen LogP contribution in [-0.4, -0.2) is 24.0 Å². The summed E-state index contributed by atoms with van der Waals surface area (Å²) >= 11 is 0. The van der Waals surface area contributed by atoms with E-state index in [-0.39, 0.29) is 0 Å². The first kappa shape index (κ1) is 14.2. The molecule has 1 aromatic heterocycles. The highest BCUT2D eigenvalue weighted by atomic mass is 16.5. The number of hydrogen-bond acceptors (Lipinski definition) is 4. The number of nitrogens with one attached hydrogen (secondary N) is 1. The zero-order valence-corrected chi connectivity index (χ0v) is 12.4. The molecular formula is C15H21N3O2. The smallest absolute Gasteiger partial charge is 0.124 e. The number of anilines is 1. The fourth-order valence-corrected chi connectivity index (χ4v) is 1.93. The van der Waals surface area contributed by atoms with Crippen molar-refractivity contribution in [2.75, 3.05) is 19.5 Å².